The second kappa shape index (κ2) is 9.60. The summed E-state index contributed by atoms with van der Waals surface area (Å²) in [7, 11) is 0. The Morgan fingerprint density at radius 2 is 1.88 bits per heavy atom. The molecular weight excluding hydrogens is 467 g/mol. The molecule has 0 radical (unpaired) electrons. The van der Waals surface area contributed by atoms with Crippen LogP contribution in [0.25, 0.3) is 11.6 Å². The molecule has 0 aliphatic carbocycles. The zero-order chi connectivity index (χ0) is 23.5. The topological polar surface area (TPSA) is 108 Å². The van der Waals surface area contributed by atoms with Crippen LogP contribution in [0.5, 0.6) is 5.75 Å². The molecule has 0 spiro atoms. The number of ether oxygens (including phenoxy) is 1. The normalized spacial score (nSPS) is 11.1. The molecule has 4 aromatic rings. The van der Waals surface area contributed by atoms with Crippen molar-refractivity contribution in [3.05, 3.63) is 74.3 Å². The van der Waals surface area contributed by atoms with Crippen LogP contribution in [0.2, 0.25) is 10.0 Å². The second-order valence-corrected chi connectivity index (χ2v) is 8.30. The molecule has 33 heavy (non-hydrogen) atoms. The molecule has 2 heterocycles. The van der Waals surface area contributed by atoms with E-state index in [0.29, 0.717) is 33.9 Å². The maximum absolute atomic E-state index is 12.7. The third-order valence-electron chi connectivity index (χ3n) is 4.40. The van der Waals surface area contributed by atoms with Gasteiger partial charge in [0, 0.05) is 10.7 Å². The van der Waals surface area contributed by atoms with Crippen LogP contribution in [0, 0.1) is 6.92 Å². The second-order valence-electron chi connectivity index (χ2n) is 7.46. The number of aromatic nitrogens is 5. The van der Waals surface area contributed by atoms with Gasteiger partial charge < -0.3 is 14.6 Å². The van der Waals surface area contributed by atoms with Crippen molar-refractivity contribution in [2.45, 2.75) is 33.4 Å². The van der Waals surface area contributed by atoms with Crippen molar-refractivity contribution in [1.82, 2.24) is 24.9 Å². The number of aryl methyl sites for hydroxylation is 1. The fourth-order valence-corrected chi connectivity index (χ4v) is 3.32. The highest BCUT2D eigenvalue weighted by molar-refractivity contribution is 6.32. The highest BCUT2D eigenvalue weighted by atomic mass is 35.5. The van der Waals surface area contributed by atoms with Crippen LogP contribution in [0.15, 0.2) is 51.8 Å². The van der Waals surface area contributed by atoms with Crippen LogP contribution in [0.3, 0.4) is 0 Å². The maximum Gasteiger partial charge on any atom is 0.306 e. The largest absolute Gasteiger partial charge is 0.489 e. The molecular formula is C22H20Cl2N6O3. The van der Waals surface area contributed by atoms with Gasteiger partial charge >= 0.3 is 5.56 Å². The van der Waals surface area contributed by atoms with Gasteiger partial charge in [-0.25, -0.2) is 4.68 Å². The van der Waals surface area contributed by atoms with E-state index in [1.807, 2.05) is 26.0 Å². The van der Waals surface area contributed by atoms with E-state index in [0.717, 1.165) is 5.56 Å². The summed E-state index contributed by atoms with van der Waals surface area (Å²) in [6, 6.07) is 12.5. The van der Waals surface area contributed by atoms with E-state index in [2.05, 4.69) is 25.5 Å². The van der Waals surface area contributed by atoms with Crippen molar-refractivity contribution in [2.24, 2.45) is 0 Å². The Bertz CT molecular complexity index is 1330. The first-order valence-corrected chi connectivity index (χ1v) is 10.8. The number of anilines is 2. The molecule has 9 nitrogen and oxygen atoms in total. The van der Waals surface area contributed by atoms with Crippen LogP contribution in [0.1, 0.15) is 25.2 Å². The summed E-state index contributed by atoms with van der Waals surface area (Å²) in [6.45, 7) is 5.79. The van der Waals surface area contributed by atoms with Gasteiger partial charge in [0.2, 0.25) is 11.6 Å². The first-order valence-electron chi connectivity index (χ1n) is 10.1. The minimum atomic E-state index is -0.612. The van der Waals surface area contributed by atoms with Gasteiger partial charge in [-0.2, -0.15) is 15.1 Å². The Morgan fingerprint density at radius 3 is 2.52 bits per heavy atom. The summed E-state index contributed by atoms with van der Waals surface area (Å²) in [5.74, 6) is 1.16. The summed E-state index contributed by atoms with van der Waals surface area (Å²) in [5, 5.41) is 12.3. The Labute approximate surface area is 199 Å². The molecule has 0 amide bonds. The predicted octanol–water partition coefficient (Wildman–Crippen LogP) is 4.88. The molecule has 2 aromatic carbocycles. The number of hydrogen-bond donors (Lipinski definition) is 1. The molecule has 4 rings (SSSR count). The highest BCUT2D eigenvalue weighted by Gasteiger charge is 2.18. The number of hydrogen-bond acceptors (Lipinski definition) is 8. The van der Waals surface area contributed by atoms with Gasteiger partial charge in [0.25, 0.3) is 5.89 Å². The number of halogens is 2. The number of nitrogens with one attached hydrogen (secondary N) is 1. The van der Waals surface area contributed by atoms with Crippen molar-refractivity contribution in [3.8, 4) is 17.3 Å². The fourth-order valence-electron chi connectivity index (χ4n) is 2.97. The maximum atomic E-state index is 12.7. The minimum Gasteiger partial charge on any atom is -0.489 e. The molecule has 170 valence electrons. The Balaban J connectivity index is 1.73. The molecule has 0 fully saturated rings. The molecule has 0 atom stereocenters. The van der Waals surface area contributed by atoms with Gasteiger partial charge in [-0.1, -0.05) is 40.5 Å². The fraction of sp³-hybridized carbons (Fsp3) is 0.227. The summed E-state index contributed by atoms with van der Waals surface area (Å²) >= 11 is 12.4. The monoisotopic (exact) mass is 486 g/mol. The number of rotatable bonds is 7. The zero-order valence-corrected chi connectivity index (χ0v) is 19.6. The van der Waals surface area contributed by atoms with Crippen molar-refractivity contribution < 1.29 is 9.26 Å². The smallest absolute Gasteiger partial charge is 0.306 e. The lowest BCUT2D eigenvalue weighted by molar-refractivity contribution is 0.242. The van der Waals surface area contributed by atoms with Crippen LogP contribution in [0.4, 0.5) is 11.6 Å². The van der Waals surface area contributed by atoms with Crippen molar-refractivity contribution in [1.29, 1.82) is 0 Å². The van der Waals surface area contributed by atoms with Gasteiger partial charge in [-0.05, 0) is 56.7 Å². The first-order chi connectivity index (χ1) is 15.8. The predicted molar refractivity (Wildman–Crippen MR) is 125 cm³/mol. The lowest BCUT2D eigenvalue weighted by atomic mass is 10.2. The van der Waals surface area contributed by atoms with Crippen LogP contribution >= 0.6 is 23.2 Å². The summed E-state index contributed by atoms with van der Waals surface area (Å²) in [4.78, 5) is 21.0. The van der Waals surface area contributed by atoms with E-state index in [1.54, 1.807) is 37.3 Å². The molecule has 1 N–H and O–H groups in total. The Morgan fingerprint density at radius 1 is 1.12 bits per heavy atom. The van der Waals surface area contributed by atoms with E-state index < -0.39 is 5.56 Å². The summed E-state index contributed by atoms with van der Waals surface area (Å²) in [6.07, 6.45) is -0.0161. The quantitative estimate of drug-likeness (QED) is 0.393. The lowest BCUT2D eigenvalue weighted by Gasteiger charge is -2.15. The molecule has 0 saturated carbocycles. The van der Waals surface area contributed by atoms with E-state index in [-0.39, 0.29) is 23.6 Å². The van der Waals surface area contributed by atoms with Gasteiger partial charge in [0.1, 0.15) is 5.75 Å². The van der Waals surface area contributed by atoms with Gasteiger partial charge in [-0.15, -0.1) is 0 Å². The Hall–Kier alpha value is -3.43. The SMILES string of the molecule is Cc1noc(-c2nn(Cc3ccc(Cl)cc3)c(Nc3ccc(OC(C)C)c(Cl)c3)nc2=O)n1. The van der Waals surface area contributed by atoms with E-state index in [4.69, 9.17) is 32.5 Å². The average molecular weight is 487 g/mol. The molecule has 11 heteroatoms. The highest BCUT2D eigenvalue weighted by Crippen LogP contribution is 2.29. The summed E-state index contributed by atoms with van der Waals surface area (Å²) in [5.41, 5.74) is 0.844. The van der Waals surface area contributed by atoms with Crippen molar-refractivity contribution >= 4 is 34.8 Å². The van der Waals surface area contributed by atoms with Crippen LogP contribution in [-0.4, -0.2) is 31.0 Å². The van der Waals surface area contributed by atoms with Crippen molar-refractivity contribution in [3.63, 3.8) is 0 Å². The molecule has 0 bridgehead atoms. The molecule has 0 aliphatic rings. The van der Waals surface area contributed by atoms with Crippen LogP contribution in [-0.2, 0) is 6.54 Å². The first kappa shape index (κ1) is 22.8. The van der Waals surface area contributed by atoms with Gasteiger partial charge in [0.05, 0.1) is 17.7 Å². The minimum absolute atomic E-state index is 0.000335. The standard InChI is InChI=1S/C22H20Cl2N6O3/c1-12(2)32-18-9-8-16(10-17(18)24)26-22-27-20(31)19(21-25-13(3)29-33-21)28-30(22)11-14-4-6-15(23)7-5-14/h4-10,12H,11H2,1-3H3,(H,26,27,31). The third-order valence-corrected chi connectivity index (χ3v) is 4.95. The Kier molecular flexibility index (Phi) is 6.62. The molecule has 2 aromatic heterocycles. The summed E-state index contributed by atoms with van der Waals surface area (Å²) < 4.78 is 12.3. The third kappa shape index (κ3) is 5.50. The van der Waals surface area contributed by atoms with E-state index in [1.165, 1.54) is 4.68 Å². The van der Waals surface area contributed by atoms with Crippen LogP contribution < -0.4 is 15.6 Å². The molecule has 0 aliphatic heterocycles. The van der Waals surface area contributed by atoms with Gasteiger partial charge in [-0.3, -0.25) is 4.79 Å². The van der Waals surface area contributed by atoms with E-state index in [9.17, 15) is 4.79 Å². The van der Waals surface area contributed by atoms with Gasteiger partial charge in [0.15, 0.2) is 5.82 Å². The zero-order valence-electron chi connectivity index (χ0n) is 18.0. The lowest BCUT2D eigenvalue weighted by Crippen LogP contribution is -2.22. The average Bonchev–Trinajstić information content (AvgIpc) is 3.19. The molecule has 0 saturated heterocycles. The van der Waals surface area contributed by atoms with E-state index >= 15 is 0 Å². The molecule has 0 unspecified atom stereocenters. The number of nitrogens with zero attached hydrogens (tertiary/aromatic N) is 5. The van der Waals surface area contributed by atoms with Crippen molar-refractivity contribution in [2.75, 3.05) is 5.32 Å². The number of benzene rings is 2.